The van der Waals surface area contributed by atoms with E-state index in [9.17, 15) is 0 Å². The Hall–Kier alpha value is -0.680. The summed E-state index contributed by atoms with van der Waals surface area (Å²) in [6.07, 6.45) is 6.85. The van der Waals surface area contributed by atoms with Crippen molar-refractivity contribution in [2.45, 2.75) is 18.9 Å². The van der Waals surface area contributed by atoms with Gasteiger partial charge < -0.3 is 5.32 Å². The Kier molecular flexibility index (Phi) is 4.98. The monoisotopic (exact) mass is 241 g/mol. The second kappa shape index (κ2) is 6.02. The van der Waals surface area contributed by atoms with Crippen LogP contribution in [0.25, 0.3) is 0 Å². The van der Waals surface area contributed by atoms with E-state index in [2.05, 4.69) is 11.2 Å². The average Bonchev–Trinajstić information content (AvgIpc) is 2.17. The van der Waals surface area contributed by atoms with Crippen molar-refractivity contribution >= 4 is 23.2 Å². The topological polar surface area (TPSA) is 12.0 Å². The Labute approximate surface area is 101 Å². The predicted octanol–water partition coefficient (Wildman–Crippen LogP) is 3.67. The van der Waals surface area contributed by atoms with Gasteiger partial charge in [0.1, 0.15) is 0 Å². The normalized spacial score (nSPS) is 12.1. The maximum atomic E-state index is 5.93. The Bertz CT molecular complexity index is 348. The molecule has 1 aromatic carbocycles. The van der Waals surface area contributed by atoms with Crippen LogP contribution in [0, 0.1) is 12.3 Å². The van der Waals surface area contributed by atoms with Gasteiger partial charge in [-0.1, -0.05) is 23.2 Å². The third-order valence-electron chi connectivity index (χ3n) is 2.21. The van der Waals surface area contributed by atoms with E-state index in [0.29, 0.717) is 10.0 Å². The minimum Gasteiger partial charge on any atom is -0.313 e. The number of rotatable bonds is 4. The molecular weight excluding hydrogens is 229 g/mol. The minimum atomic E-state index is 0.206. The summed E-state index contributed by atoms with van der Waals surface area (Å²) >= 11 is 11.9. The summed E-state index contributed by atoms with van der Waals surface area (Å²) < 4.78 is 0. The molecule has 0 aromatic heterocycles. The highest BCUT2D eigenvalue weighted by Crippen LogP contribution is 2.25. The van der Waals surface area contributed by atoms with Crippen LogP contribution in [-0.2, 0) is 0 Å². The van der Waals surface area contributed by atoms with Crippen LogP contribution in [0.4, 0.5) is 0 Å². The molecule has 1 N–H and O–H groups in total. The molecule has 1 unspecified atom stereocenters. The lowest BCUT2D eigenvalue weighted by Gasteiger charge is -2.15. The quantitative estimate of drug-likeness (QED) is 0.794. The lowest BCUT2D eigenvalue weighted by atomic mass is 10.0. The van der Waals surface area contributed by atoms with Crippen LogP contribution < -0.4 is 5.32 Å². The van der Waals surface area contributed by atoms with Gasteiger partial charge in [0, 0.05) is 22.5 Å². The molecule has 1 nitrogen and oxygen atoms in total. The molecule has 0 aliphatic heterocycles. The second-order valence-electron chi connectivity index (χ2n) is 3.29. The van der Waals surface area contributed by atoms with Crippen LogP contribution in [0.3, 0.4) is 0 Å². The molecule has 15 heavy (non-hydrogen) atoms. The number of halogens is 2. The second-order valence-corrected chi connectivity index (χ2v) is 4.16. The zero-order valence-electron chi connectivity index (χ0n) is 8.56. The zero-order valence-corrected chi connectivity index (χ0v) is 10.1. The van der Waals surface area contributed by atoms with E-state index in [-0.39, 0.29) is 6.04 Å². The van der Waals surface area contributed by atoms with Gasteiger partial charge in [0.2, 0.25) is 0 Å². The molecule has 0 saturated heterocycles. The van der Waals surface area contributed by atoms with Gasteiger partial charge in [0.25, 0.3) is 0 Å². The lowest BCUT2D eigenvalue weighted by Crippen LogP contribution is -2.16. The Morgan fingerprint density at radius 1 is 1.33 bits per heavy atom. The van der Waals surface area contributed by atoms with E-state index in [1.54, 1.807) is 6.07 Å². The fraction of sp³-hybridized carbons (Fsp3) is 0.333. The molecule has 0 fully saturated rings. The molecule has 0 radical (unpaired) electrons. The van der Waals surface area contributed by atoms with Crippen molar-refractivity contribution in [3.8, 4) is 12.3 Å². The average molecular weight is 242 g/mol. The first-order chi connectivity index (χ1) is 7.17. The molecule has 0 spiro atoms. The minimum absolute atomic E-state index is 0.206. The van der Waals surface area contributed by atoms with E-state index >= 15 is 0 Å². The maximum Gasteiger partial charge on any atom is 0.0424 e. The largest absolute Gasteiger partial charge is 0.313 e. The molecule has 80 valence electrons. The van der Waals surface area contributed by atoms with Crippen molar-refractivity contribution < 1.29 is 0 Å². The Balaban J connectivity index is 2.87. The van der Waals surface area contributed by atoms with E-state index in [1.165, 1.54) is 0 Å². The van der Waals surface area contributed by atoms with Crippen molar-refractivity contribution in [1.82, 2.24) is 5.32 Å². The van der Waals surface area contributed by atoms with Crippen molar-refractivity contribution in [3.05, 3.63) is 33.8 Å². The summed E-state index contributed by atoms with van der Waals surface area (Å²) in [6.45, 7) is 0. The zero-order chi connectivity index (χ0) is 11.3. The summed E-state index contributed by atoms with van der Waals surface area (Å²) in [6, 6.07) is 5.74. The molecule has 0 bridgehead atoms. The number of hydrogen-bond donors (Lipinski definition) is 1. The van der Waals surface area contributed by atoms with Crippen molar-refractivity contribution in [2.24, 2.45) is 0 Å². The van der Waals surface area contributed by atoms with Gasteiger partial charge in [0.05, 0.1) is 0 Å². The molecular formula is C12H13Cl2N. The van der Waals surface area contributed by atoms with Crippen LogP contribution in [0.2, 0.25) is 10.0 Å². The molecule has 0 aliphatic rings. The molecule has 0 saturated carbocycles. The molecule has 1 atom stereocenters. The van der Waals surface area contributed by atoms with Crippen molar-refractivity contribution in [1.29, 1.82) is 0 Å². The fourth-order valence-corrected chi connectivity index (χ4v) is 2.02. The highest BCUT2D eigenvalue weighted by molar-refractivity contribution is 6.34. The molecule has 1 aromatic rings. The smallest absolute Gasteiger partial charge is 0.0424 e. The highest BCUT2D eigenvalue weighted by Gasteiger charge is 2.09. The van der Waals surface area contributed by atoms with E-state index in [1.807, 2.05) is 19.2 Å². The third kappa shape index (κ3) is 3.76. The fourth-order valence-electron chi connectivity index (χ4n) is 1.48. The van der Waals surface area contributed by atoms with Crippen molar-refractivity contribution in [2.75, 3.05) is 7.05 Å². The van der Waals surface area contributed by atoms with Crippen LogP contribution in [0.15, 0.2) is 18.2 Å². The van der Waals surface area contributed by atoms with Crippen LogP contribution in [-0.4, -0.2) is 7.05 Å². The Morgan fingerprint density at radius 2 is 1.93 bits per heavy atom. The summed E-state index contributed by atoms with van der Waals surface area (Å²) in [7, 11) is 1.90. The summed E-state index contributed by atoms with van der Waals surface area (Å²) in [5.41, 5.74) is 1.07. The van der Waals surface area contributed by atoms with Crippen molar-refractivity contribution in [3.63, 3.8) is 0 Å². The maximum absolute atomic E-state index is 5.93. The first-order valence-electron chi connectivity index (χ1n) is 4.74. The van der Waals surface area contributed by atoms with Gasteiger partial charge in [-0.25, -0.2) is 0 Å². The van der Waals surface area contributed by atoms with Gasteiger partial charge in [-0.2, -0.15) is 0 Å². The number of nitrogens with one attached hydrogen (secondary N) is 1. The SMILES string of the molecule is C#CCCC(NC)c1cc(Cl)cc(Cl)c1. The van der Waals surface area contributed by atoms with Crippen LogP contribution in [0.1, 0.15) is 24.4 Å². The highest BCUT2D eigenvalue weighted by atomic mass is 35.5. The van der Waals surface area contributed by atoms with Gasteiger partial charge >= 0.3 is 0 Å². The van der Waals surface area contributed by atoms with E-state index < -0.39 is 0 Å². The lowest BCUT2D eigenvalue weighted by molar-refractivity contribution is 0.558. The summed E-state index contributed by atoms with van der Waals surface area (Å²) in [5, 5.41) is 4.50. The molecule has 0 aliphatic carbocycles. The molecule has 1 rings (SSSR count). The molecule has 3 heteroatoms. The van der Waals surface area contributed by atoms with Crippen LogP contribution in [0.5, 0.6) is 0 Å². The number of hydrogen-bond acceptors (Lipinski definition) is 1. The molecule has 0 heterocycles. The summed E-state index contributed by atoms with van der Waals surface area (Å²) in [5.74, 6) is 2.63. The third-order valence-corrected chi connectivity index (χ3v) is 2.65. The van der Waals surface area contributed by atoms with Crippen LogP contribution >= 0.6 is 23.2 Å². The molecule has 0 amide bonds. The number of terminal acetylenes is 1. The first kappa shape index (κ1) is 12.4. The van der Waals surface area contributed by atoms with Gasteiger partial charge in [-0.3, -0.25) is 0 Å². The van der Waals surface area contributed by atoms with Gasteiger partial charge in [-0.05, 0) is 37.2 Å². The number of benzene rings is 1. The van der Waals surface area contributed by atoms with E-state index in [4.69, 9.17) is 29.6 Å². The van der Waals surface area contributed by atoms with Gasteiger partial charge in [0.15, 0.2) is 0 Å². The van der Waals surface area contributed by atoms with Gasteiger partial charge in [-0.15, -0.1) is 12.3 Å². The van der Waals surface area contributed by atoms with E-state index in [0.717, 1.165) is 18.4 Å². The predicted molar refractivity (Wildman–Crippen MR) is 66.3 cm³/mol. The first-order valence-corrected chi connectivity index (χ1v) is 5.49. The summed E-state index contributed by atoms with van der Waals surface area (Å²) in [4.78, 5) is 0. The Morgan fingerprint density at radius 3 is 2.40 bits per heavy atom. The standard InChI is InChI=1S/C12H13Cl2N/c1-3-4-5-12(15-2)9-6-10(13)8-11(14)7-9/h1,6-8,12,15H,4-5H2,2H3.